The van der Waals surface area contributed by atoms with Gasteiger partial charge in [-0.15, -0.1) is 11.3 Å². The van der Waals surface area contributed by atoms with E-state index in [-0.39, 0.29) is 44.8 Å². The van der Waals surface area contributed by atoms with Gasteiger partial charge in [-0.1, -0.05) is 146 Å². The highest BCUT2D eigenvalue weighted by atomic mass is 32.1. The van der Waals surface area contributed by atoms with Crippen LogP contribution in [0.4, 0.5) is 28.4 Å². The molecule has 2 aliphatic heterocycles. The van der Waals surface area contributed by atoms with Crippen LogP contribution in [0.1, 0.15) is 181 Å². The molecular weight excluding hydrogens is 928 g/mol. The molecule has 3 aliphatic carbocycles. The summed E-state index contributed by atoms with van der Waals surface area (Å²) >= 11 is 1.99. The number of rotatable bonds is 2. The number of thiophene rings is 1. The normalized spacial score (nSPS) is 20.2. The Labute approximate surface area is 450 Å². The fraction of sp³-hybridized carbons (Fsp3) is 0.400. The van der Waals surface area contributed by atoms with Crippen molar-refractivity contribution in [2.24, 2.45) is 0 Å². The molecule has 4 heterocycles. The lowest BCUT2D eigenvalue weighted by Crippen LogP contribution is -2.62. The average molecular weight is 1000 g/mol. The van der Waals surface area contributed by atoms with Gasteiger partial charge in [0.05, 0.1) is 5.69 Å². The van der Waals surface area contributed by atoms with E-state index in [2.05, 4.69) is 223 Å². The molecule has 7 aromatic carbocycles. The molecule has 380 valence electrons. The summed E-state index contributed by atoms with van der Waals surface area (Å²) in [6, 6.07) is 44.2. The Morgan fingerprint density at radius 2 is 0.987 bits per heavy atom. The van der Waals surface area contributed by atoms with Crippen LogP contribution in [0.15, 0.2) is 114 Å². The lowest BCUT2D eigenvalue weighted by molar-refractivity contribution is 0.332. The summed E-state index contributed by atoms with van der Waals surface area (Å²) in [7, 11) is 0. The summed E-state index contributed by atoms with van der Waals surface area (Å²) < 4.78 is 10.1. The van der Waals surface area contributed by atoms with Crippen molar-refractivity contribution in [3.63, 3.8) is 0 Å². The molecule has 2 aromatic heterocycles. The number of fused-ring (bicyclic) bond motifs is 14. The van der Waals surface area contributed by atoms with E-state index >= 15 is 0 Å². The zero-order valence-corrected chi connectivity index (χ0v) is 48.2. The Kier molecular flexibility index (Phi) is 9.55. The minimum Gasteiger partial charge on any atom is -0.454 e. The van der Waals surface area contributed by atoms with E-state index in [9.17, 15) is 0 Å². The quantitative estimate of drug-likeness (QED) is 0.161. The van der Waals surface area contributed by atoms with E-state index in [1.807, 2.05) is 11.3 Å². The second-order valence-electron chi connectivity index (χ2n) is 28.9. The third kappa shape index (κ3) is 6.71. The number of hydrogen-bond donors (Lipinski definition) is 0. The SMILES string of the molecule is CC(C)(C)c1ccc(N2B3c4cc5c(cc4N(c4ccc6c(c4)C(C)(C)CCC6(C)C)c4c3c(cc3c4oc4ccccc43)-c3cc4c(cc32)sc2cc3c(cc24)C(C)(C)CCC3(C)C)C(C)(C)CCC5(C)C)cc1. The van der Waals surface area contributed by atoms with Crippen molar-refractivity contribution >= 4 is 99.7 Å². The average Bonchev–Trinajstić information content (AvgIpc) is 3.94. The monoisotopic (exact) mass is 1000 g/mol. The number of benzene rings is 7. The summed E-state index contributed by atoms with van der Waals surface area (Å²) in [4.78, 5) is 5.44. The van der Waals surface area contributed by atoms with Gasteiger partial charge in [-0.25, -0.2) is 0 Å². The number of para-hydroxylation sites is 1. The molecule has 0 radical (unpaired) electrons. The first-order valence-electron chi connectivity index (χ1n) is 28.3. The van der Waals surface area contributed by atoms with Crippen LogP contribution in [-0.4, -0.2) is 6.85 Å². The van der Waals surface area contributed by atoms with Crippen molar-refractivity contribution in [3.8, 4) is 11.1 Å². The van der Waals surface area contributed by atoms with Gasteiger partial charge in [0.2, 0.25) is 0 Å². The van der Waals surface area contributed by atoms with E-state index in [0.29, 0.717) is 0 Å². The van der Waals surface area contributed by atoms with Crippen LogP contribution in [0.25, 0.3) is 53.2 Å². The molecule has 0 saturated carbocycles. The second-order valence-corrected chi connectivity index (χ2v) is 30.0. The first kappa shape index (κ1) is 47.7. The summed E-state index contributed by atoms with van der Waals surface area (Å²) in [6.07, 6.45) is 7.04. The van der Waals surface area contributed by atoms with E-state index < -0.39 is 0 Å². The van der Waals surface area contributed by atoms with Gasteiger partial charge in [-0.2, -0.15) is 0 Å². The van der Waals surface area contributed by atoms with Gasteiger partial charge < -0.3 is 14.1 Å². The number of furan rings is 1. The van der Waals surface area contributed by atoms with Crippen molar-refractivity contribution in [3.05, 3.63) is 148 Å². The molecule has 3 nitrogen and oxygen atoms in total. The van der Waals surface area contributed by atoms with Gasteiger partial charge in [0, 0.05) is 59.3 Å². The zero-order valence-electron chi connectivity index (χ0n) is 47.4. The van der Waals surface area contributed by atoms with Crippen LogP contribution < -0.4 is 20.6 Å². The maximum absolute atomic E-state index is 7.39. The number of nitrogens with zero attached hydrogens (tertiary/aromatic N) is 2. The molecule has 0 saturated heterocycles. The third-order valence-electron chi connectivity index (χ3n) is 20.2. The molecule has 5 heteroatoms. The molecule has 0 spiro atoms. The molecule has 75 heavy (non-hydrogen) atoms. The lowest BCUT2D eigenvalue weighted by Gasteiger charge is -2.48. The van der Waals surface area contributed by atoms with Crippen LogP contribution in [0.5, 0.6) is 0 Å². The smallest absolute Gasteiger partial charge is 0.333 e. The van der Waals surface area contributed by atoms with Gasteiger partial charge in [0.1, 0.15) is 5.58 Å². The molecular formula is C70H75BN2OS. The molecule has 5 aliphatic rings. The Bertz CT molecular complexity index is 3960. The predicted octanol–water partition coefficient (Wildman–Crippen LogP) is 19.0. The van der Waals surface area contributed by atoms with Crippen LogP contribution in [0, 0.1) is 0 Å². The van der Waals surface area contributed by atoms with Crippen LogP contribution in [-0.2, 0) is 37.9 Å². The Hall–Kier alpha value is -5.78. The molecule has 0 fully saturated rings. The van der Waals surface area contributed by atoms with Crippen molar-refractivity contribution in [2.45, 2.75) is 180 Å². The first-order valence-corrected chi connectivity index (χ1v) is 29.1. The number of anilines is 5. The maximum Gasteiger partial charge on any atom is 0.333 e. The Morgan fingerprint density at radius 3 is 1.63 bits per heavy atom. The van der Waals surface area contributed by atoms with Crippen molar-refractivity contribution in [1.29, 1.82) is 0 Å². The van der Waals surface area contributed by atoms with Crippen LogP contribution in [0.3, 0.4) is 0 Å². The highest BCUT2D eigenvalue weighted by molar-refractivity contribution is 7.26. The lowest BCUT2D eigenvalue weighted by atomic mass is 9.42. The largest absolute Gasteiger partial charge is 0.454 e. The third-order valence-corrected chi connectivity index (χ3v) is 21.3. The van der Waals surface area contributed by atoms with Crippen molar-refractivity contribution in [2.75, 3.05) is 9.71 Å². The highest BCUT2D eigenvalue weighted by Crippen LogP contribution is 2.57. The van der Waals surface area contributed by atoms with Crippen LogP contribution in [0.2, 0.25) is 0 Å². The molecule has 9 aromatic rings. The summed E-state index contributed by atoms with van der Waals surface area (Å²) in [5, 5.41) is 5.08. The van der Waals surface area contributed by atoms with Gasteiger partial charge in [0.15, 0.2) is 5.58 Å². The fourth-order valence-corrected chi connectivity index (χ4v) is 16.1. The molecule has 14 rings (SSSR count). The highest BCUT2D eigenvalue weighted by Gasteiger charge is 2.50. The Balaban J connectivity index is 1.16. The van der Waals surface area contributed by atoms with Gasteiger partial charge in [0.25, 0.3) is 0 Å². The minimum absolute atomic E-state index is 0.00228. The molecule has 0 amide bonds. The Morgan fingerprint density at radius 1 is 0.467 bits per heavy atom. The predicted molar refractivity (Wildman–Crippen MR) is 325 cm³/mol. The van der Waals surface area contributed by atoms with Crippen molar-refractivity contribution < 1.29 is 4.42 Å². The van der Waals surface area contributed by atoms with Gasteiger partial charge in [-0.05, 0) is 199 Å². The van der Waals surface area contributed by atoms with Crippen molar-refractivity contribution in [1.82, 2.24) is 0 Å². The van der Waals surface area contributed by atoms with E-state index in [1.54, 1.807) is 0 Å². The molecule has 0 N–H and O–H groups in total. The summed E-state index contributed by atoms with van der Waals surface area (Å²) in [5.41, 5.74) is 24.0. The zero-order chi connectivity index (χ0) is 52.5. The van der Waals surface area contributed by atoms with E-state index in [4.69, 9.17) is 4.42 Å². The maximum atomic E-state index is 7.39. The minimum atomic E-state index is -0.147. The van der Waals surface area contributed by atoms with Gasteiger partial charge >= 0.3 is 6.85 Å². The van der Waals surface area contributed by atoms with Gasteiger partial charge in [-0.3, -0.25) is 0 Å². The topological polar surface area (TPSA) is 19.6 Å². The first-order chi connectivity index (χ1) is 35.2. The fourth-order valence-electron chi connectivity index (χ4n) is 15.0. The van der Waals surface area contributed by atoms with E-state index in [1.165, 1.54) is 134 Å². The summed E-state index contributed by atoms with van der Waals surface area (Å²) in [5.74, 6) is 0. The van der Waals surface area contributed by atoms with Crippen LogP contribution >= 0.6 is 11.3 Å². The van der Waals surface area contributed by atoms with E-state index in [0.717, 1.165) is 35.8 Å². The summed E-state index contributed by atoms with van der Waals surface area (Å²) in [6.45, 7) is 36.5. The number of hydrogen-bond acceptors (Lipinski definition) is 4. The molecule has 0 bridgehead atoms. The molecule has 0 unspecified atom stereocenters. The standard InChI is InChI=1S/C70H75BN2OS/c1-64(2,3)40-20-22-41(23-21-40)73-56-39-60-45(46-35-51-54(38-59(46)75-60)70(14,15)31-28-67(51,8)9)33-44(56)47-34-48-43-18-16-17-19-58(43)74-63(48)62-61(47)71(73)55-36-52-53(69(12,13)30-29-68(52,10)11)37-57(55)72(62)42-24-25-49-50(32-42)66(6,7)27-26-65(49,4)5/h16-25,32-39H,26-31H2,1-15H3. The molecule has 0 atom stereocenters. The second kappa shape index (κ2) is 15.0.